The van der Waals surface area contributed by atoms with Gasteiger partial charge in [0.15, 0.2) is 0 Å². The lowest BCUT2D eigenvalue weighted by atomic mass is 10.1. The number of nitrogens with one attached hydrogen (secondary N) is 2. The number of hydrogen-bond donors (Lipinski definition) is 2. The normalized spacial score (nSPS) is 12.5. The SMILES string of the molecule is CC(NC(=O)c1cccc(S(=O)(=O)NCc2cccs2)c1)c1ccc(F)cc1. The Kier molecular flexibility index (Phi) is 6.23. The van der Waals surface area contributed by atoms with E-state index >= 15 is 0 Å². The molecule has 1 heterocycles. The van der Waals surface area contributed by atoms with Crippen LogP contribution in [0.15, 0.2) is 70.9 Å². The molecule has 5 nitrogen and oxygen atoms in total. The average molecular weight is 419 g/mol. The maximum Gasteiger partial charge on any atom is 0.251 e. The molecule has 0 aliphatic rings. The van der Waals surface area contributed by atoms with Gasteiger partial charge in [-0.2, -0.15) is 0 Å². The fourth-order valence-corrected chi connectivity index (χ4v) is 4.37. The highest BCUT2D eigenvalue weighted by atomic mass is 32.2. The van der Waals surface area contributed by atoms with Crippen LogP contribution in [0.4, 0.5) is 4.39 Å². The molecule has 0 saturated heterocycles. The molecule has 2 N–H and O–H groups in total. The van der Waals surface area contributed by atoms with E-state index in [1.54, 1.807) is 25.1 Å². The van der Waals surface area contributed by atoms with Gasteiger partial charge < -0.3 is 5.32 Å². The van der Waals surface area contributed by atoms with Crippen molar-refractivity contribution in [2.24, 2.45) is 0 Å². The molecule has 0 bridgehead atoms. The Morgan fingerprint density at radius 1 is 1.11 bits per heavy atom. The van der Waals surface area contributed by atoms with Crippen LogP contribution in [0.1, 0.15) is 33.8 Å². The molecule has 1 atom stereocenters. The number of carbonyl (C=O) groups excluding carboxylic acids is 1. The Labute approximate surface area is 167 Å². The minimum Gasteiger partial charge on any atom is -0.346 e. The van der Waals surface area contributed by atoms with Crippen molar-refractivity contribution in [1.29, 1.82) is 0 Å². The number of rotatable bonds is 7. The Bertz CT molecular complexity index is 1050. The zero-order chi connectivity index (χ0) is 20.1. The topological polar surface area (TPSA) is 75.3 Å². The third-order valence-electron chi connectivity index (χ3n) is 4.14. The standard InChI is InChI=1S/C20H19FN2O3S2/c1-14(15-7-9-17(21)10-8-15)23-20(24)16-4-2-6-19(12-16)28(25,26)22-13-18-5-3-11-27-18/h2-12,14,22H,13H2,1H3,(H,23,24). The Balaban J connectivity index is 1.71. The average Bonchev–Trinajstić information content (AvgIpc) is 3.21. The predicted octanol–water partition coefficient (Wildman–Crippen LogP) is 3.86. The first-order valence-electron chi connectivity index (χ1n) is 8.53. The van der Waals surface area contributed by atoms with E-state index in [0.717, 1.165) is 10.4 Å². The van der Waals surface area contributed by atoms with Gasteiger partial charge in [-0.1, -0.05) is 24.3 Å². The summed E-state index contributed by atoms with van der Waals surface area (Å²) in [6, 6.07) is 15.0. The molecule has 146 valence electrons. The maximum absolute atomic E-state index is 13.0. The number of hydrogen-bond acceptors (Lipinski definition) is 4. The Morgan fingerprint density at radius 3 is 2.54 bits per heavy atom. The largest absolute Gasteiger partial charge is 0.346 e. The highest BCUT2D eigenvalue weighted by Crippen LogP contribution is 2.17. The molecule has 8 heteroatoms. The van der Waals surface area contributed by atoms with E-state index in [0.29, 0.717) is 0 Å². The molecule has 0 aliphatic heterocycles. The first kappa shape index (κ1) is 20.2. The highest BCUT2D eigenvalue weighted by Gasteiger charge is 2.17. The van der Waals surface area contributed by atoms with Gasteiger partial charge in [0.05, 0.1) is 10.9 Å². The Morgan fingerprint density at radius 2 is 1.86 bits per heavy atom. The molecule has 1 unspecified atom stereocenters. The summed E-state index contributed by atoms with van der Waals surface area (Å²) in [6.07, 6.45) is 0. The molecule has 0 saturated carbocycles. The van der Waals surface area contributed by atoms with E-state index < -0.39 is 15.9 Å². The molecule has 0 fully saturated rings. The number of amides is 1. The number of carbonyl (C=O) groups is 1. The van der Waals surface area contributed by atoms with Crippen LogP contribution in [0, 0.1) is 5.82 Å². The lowest BCUT2D eigenvalue weighted by Gasteiger charge is -2.15. The molecule has 3 rings (SSSR count). The fraction of sp³-hybridized carbons (Fsp3) is 0.150. The molecule has 0 spiro atoms. The van der Waals surface area contributed by atoms with Gasteiger partial charge in [0.2, 0.25) is 10.0 Å². The van der Waals surface area contributed by atoms with Crippen LogP contribution >= 0.6 is 11.3 Å². The van der Waals surface area contributed by atoms with Gasteiger partial charge in [0, 0.05) is 17.0 Å². The van der Waals surface area contributed by atoms with Crippen molar-refractivity contribution >= 4 is 27.3 Å². The summed E-state index contributed by atoms with van der Waals surface area (Å²) in [5.41, 5.74) is 0.976. The molecule has 1 aromatic heterocycles. The zero-order valence-electron chi connectivity index (χ0n) is 15.1. The van der Waals surface area contributed by atoms with Crippen LogP contribution in [-0.2, 0) is 16.6 Å². The van der Waals surface area contributed by atoms with Crippen LogP contribution in [0.25, 0.3) is 0 Å². The molecule has 2 aromatic carbocycles. The minimum absolute atomic E-state index is 0.0196. The maximum atomic E-state index is 13.0. The van der Waals surface area contributed by atoms with Crippen LogP contribution in [0.3, 0.4) is 0 Å². The number of thiophene rings is 1. The van der Waals surface area contributed by atoms with Crippen LogP contribution in [0.2, 0.25) is 0 Å². The van der Waals surface area contributed by atoms with Crippen LogP contribution < -0.4 is 10.0 Å². The summed E-state index contributed by atoms with van der Waals surface area (Å²) >= 11 is 1.46. The lowest BCUT2D eigenvalue weighted by molar-refractivity contribution is 0.0939. The van der Waals surface area contributed by atoms with E-state index in [1.165, 1.54) is 41.7 Å². The molecule has 1 amide bonds. The number of halogens is 1. The molecule has 28 heavy (non-hydrogen) atoms. The Hall–Kier alpha value is -2.55. The second-order valence-corrected chi connectivity index (χ2v) is 8.98. The minimum atomic E-state index is -3.74. The zero-order valence-corrected chi connectivity index (χ0v) is 16.7. The van der Waals surface area contributed by atoms with Crippen molar-refractivity contribution in [3.63, 3.8) is 0 Å². The smallest absolute Gasteiger partial charge is 0.251 e. The molecule has 0 radical (unpaired) electrons. The predicted molar refractivity (Wildman–Crippen MR) is 107 cm³/mol. The van der Waals surface area contributed by atoms with Crippen LogP contribution in [0.5, 0.6) is 0 Å². The van der Waals surface area contributed by atoms with Crippen LogP contribution in [-0.4, -0.2) is 14.3 Å². The fourth-order valence-electron chi connectivity index (χ4n) is 2.58. The summed E-state index contributed by atoms with van der Waals surface area (Å²) in [4.78, 5) is 13.4. The van der Waals surface area contributed by atoms with E-state index in [9.17, 15) is 17.6 Å². The highest BCUT2D eigenvalue weighted by molar-refractivity contribution is 7.89. The summed E-state index contributed by atoms with van der Waals surface area (Å²) < 4.78 is 40.6. The van der Waals surface area contributed by atoms with E-state index in [4.69, 9.17) is 0 Å². The second-order valence-electron chi connectivity index (χ2n) is 6.18. The van der Waals surface area contributed by atoms with Crippen molar-refractivity contribution in [2.45, 2.75) is 24.4 Å². The van der Waals surface area contributed by atoms with Crippen molar-refractivity contribution < 1.29 is 17.6 Å². The monoisotopic (exact) mass is 418 g/mol. The molecule has 3 aromatic rings. The molecular weight excluding hydrogens is 399 g/mol. The molecular formula is C20H19FN2O3S2. The van der Waals surface area contributed by atoms with Gasteiger partial charge in [0.1, 0.15) is 5.82 Å². The van der Waals surface area contributed by atoms with Gasteiger partial charge >= 0.3 is 0 Å². The number of benzene rings is 2. The van der Waals surface area contributed by atoms with Gasteiger partial charge in [-0.3, -0.25) is 4.79 Å². The third-order valence-corrected chi connectivity index (χ3v) is 6.42. The van der Waals surface area contributed by atoms with Crippen molar-refractivity contribution in [1.82, 2.24) is 10.0 Å². The summed E-state index contributed by atoms with van der Waals surface area (Å²) in [7, 11) is -3.74. The second kappa shape index (κ2) is 8.64. The summed E-state index contributed by atoms with van der Waals surface area (Å²) in [6.45, 7) is 1.96. The van der Waals surface area contributed by atoms with Crippen molar-refractivity contribution in [2.75, 3.05) is 0 Å². The van der Waals surface area contributed by atoms with Crippen molar-refractivity contribution in [3.8, 4) is 0 Å². The molecule has 0 aliphatic carbocycles. The van der Waals surface area contributed by atoms with E-state index in [1.807, 2.05) is 17.5 Å². The van der Waals surface area contributed by atoms with Gasteiger partial charge in [0.25, 0.3) is 5.91 Å². The number of sulfonamides is 1. The first-order chi connectivity index (χ1) is 13.3. The van der Waals surface area contributed by atoms with E-state index in [-0.39, 0.29) is 28.9 Å². The summed E-state index contributed by atoms with van der Waals surface area (Å²) in [5.74, 6) is -0.762. The first-order valence-corrected chi connectivity index (χ1v) is 10.9. The quantitative estimate of drug-likeness (QED) is 0.612. The summed E-state index contributed by atoms with van der Waals surface area (Å²) in [5, 5.41) is 4.66. The third kappa shape index (κ3) is 5.03. The van der Waals surface area contributed by atoms with Gasteiger partial charge in [-0.15, -0.1) is 11.3 Å². The van der Waals surface area contributed by atoms with Crippen molar-refractivity contribution in [3.05, 3.63) is 87.9 Å². The van der Waals surface area contributed by atoms with Gasteiger partial charge in [-0.25, -0.2) is 17.5 Å². The van der Waals surface area contributed by atoms with Gasteiger partial charge in [-0.05, 0) is 54.3 Å². The van der Waals surface area contributed by atoms with E-state index in [2.05, 4.69) is 10.0 Å². The lowest BCUT2D eigenvalue weighted by Crippen LogP contribution is -2.27.